The van der Waals surface area contributed by atoms with Gasteiger partial charge in [0.2, 0.25) is 0 Å². The summed E-state index contributed by atoms with van der Waals surface area (Å²) >= 11 is 0. The van der Waals surface area contributed by atoms with E-state index in [1.165, 1.54) is 13.8 Å². The minimum Gasteiger partial charge on any atom is -0.479 e. The number of hydrogen-bond acceptors (Lipinski definition) is 14. The molecular weight excluding hydrogens is 456 g/mol. The Bertz CT molecular complexity index is 679. The lowest BCUT2D eigenvalue weighted by Crippen LogP contribution is -2.66. The van der Waals surface area contributed by atoms with E-state index in [-0.39, 0.29) is 0 Å². The summed E-state index contributed by atoms with van der Waals surface area (Å²) in [6.07, 6.45) is -25.0. The van der Waals surface area contributed by atoms with Gasteiger partial charge in [-0.15, -0.1) is 0 Å². The molecule has 0 aromatic rings. The Morgan fingerprint density at radius 3 is 1.70 bits per heavy atom. The van der Waals surface area contributed by atoms with Gasteiger partial charge in [0.05, 0.1) is 12.2 Å². The predicted octanol–water partition coefficient (Wildman–Crippen LogP) is -5.43. The molecule has 15 atom stereocenters. The molecule has 3 saturated heterocycles. The second-order valence-electron chi connectivity index (χ2n) is 8.34. The molecule has 0 unspecified atom stereocenters. The largest absolute Gasteiger partial charge is 0.479 e. The maximum atomic E-state index is 11.3. The maximum absolute atomic E-state index is 11.3. The molecule has 3 aliphatic heterocycles. The van der Waals surface area contributed by atoms with Crippen molar-refractivity contribution in [2.45, 2.75) is 106 Å². The van der Waals surface area contributed by atoms with E-state index in [0.29, 0.717) is 0 Å². The Balaban J connectivity index is 1.82. The van der Waals surface area contributed by atoms with Crippen LogP contribution >= 0.6 is 0 Å². The van der Waals surface area contributed by atoms with E-state index < -0.39 is 98.1 Å². The highest BCUT2D eigenvalue weighted by molar-refractivity contribution is 5.73. The molecule has 0 spiro atoms. The van der Waals surface area contributed by atoms with Crippen molar-refractivity contribution >= 4 is 5.97 Å². The van der Waals surface area contributed by atoms with Gasteiger partial charge >= 0.3 is 5.97 Å². The van der Waals surface area contributed by atoms with E-state index in [2.05, 4.69) is 0 Å². The Labute approximate surface area is 187 Å². The van der Waals surface area contributed by atoms with Gasteiger partial charge in [0, 0.05) is 0 Å². The third-order valence-corrected chi connectivity index (χ3v) is 5.98. The van der Waals surface area contributed by atoms with Crippen LogP contribution in [0.25, 0.3) is 0 Å². The monoisotopic (exact) mass is 486 g/mol. The van der Waals surface area contributed by atoms with Gasteiger partial charge in [-0.25, -0.2) is 4.79 Å². The molecule has 3 rings (SSSR count). The zero-order chi connectivity index (χ0) is 24.8. The smallest absolute Gasteiger partial charge is 0.335 e. The molecule has 0 aromatic carbocycles. The van der Waals surface area contributed by atoms with E-state index in [4.69, 9.17) is 23.7 Å². The van der Waals surface area contributed by atoms with Gasteiger partial charge in [0.25, 0.3) is 0 Å². The van der Waals surface area contributed by atoms with Crippen LogP contribution in [0, 0.1) is 0 Å². The van der Waals surface area contributed by atoms with E-state index in [0.717, 1.165) is 0 Å². The molecular formula is C18H30O15. The minimum absolute atomic E-state index is 0.938. The topological polar surface area (TPSA) is 245 Å². The van der Waals surface area contributed by atoms with Crippen molar-refractivity contribution in [2.75, 3.05) is 0 Å². The fourth-order valence-electron chi connectivity index (χ4n) is 3.90. The second kappa shape index (κ2) is 10.3. The van der Waals surface area contributed by atoms with Crippen LogP contribution in [0.3, 0.4) is 0 Å². The molecule has 33 heavy (non-hydrogen) atoms. The average Bonchev–Trinajstić information content (AvgIpc) is 2.75. The molecule has 15 nitrogen and oxygen atoms in total. The lowest BCUT2D eigenvalue weighted by molar-refractivity contribution is -0.385. The van der Waals surface area contributed by atoms with Crippen LogP contribution in [-0.2, 0) is 28.5 Å². The number of aliphatic carboxylic acids is 1. The van der Waals surface area contributed by atoms with Gasteiger partial charge in [0.15, 0.2) is 25.0 Å². The highest BCUT2D eigenvalue weighted by atomic mass is 16.8. The van der Waals surface area contributed by atoms with E-state index >= 15 is 0 Å². The lowest BCUT2D eigenvalue weighted by atomic mass is 9.97. The summed E-state index contributed by atoms with van der Waals surface area (Å²) < 4.78 is 26.5. The number of carboxylic acids is 1. The van der Waals surface area contributed by atoms with Gasteiger partial charge in [-0.05, 0) is 13.8 Å². The summed E-state index contributed by atoms with van der Waals surface area (Å²) in [6, 6.07) is 0. The van der Waals surface area contributed by atoms with Crippen molar-refractivity contribution in [1.82, 2.24) is 0 Å². The number of ether oxygens (including phenoxy) is 5. The molecule has 9 N–H and O–H groups in total. The standard InChI is InChI=1S/C18H30O15/c1-3-5(19)8(22)13(16(28)29-3)32-18-14(9(23)6(20)4(2)30-18)33-17-11(25)7(21)10(24)12(31-17)15(26)27/h3-14,16-25,28H,1-2H3,(H,26,27)/t3-,4-,5-,6-,7-,8+,9+,10+,11+,12-,13+,14+,16+,17+,18-/m0/s1. The van der Waals surface area contributed by atoms with Crippen molar-refractivity contribution in [3.8, 4) is 0 Å². The van der Waals surface area contributed by atoms with Crippen molar-refractivity contribution in [2.24, 2.45) is 0 Å². The van der Waals surface area contributed by atoms with Crippen molar-refractivity contribution in [3.63, 3.8) is 0 Å². The third-order valence-electron chi connectivity index (χ3n) is 5.98. The van der Waals surface area contributed by atoms with Crippen LogP contribution < -0.4 is 0 Å². The molecule has 0 aliphatic carbocycles. The second-order valence-corrected chi connectivity index (χ2v) is 8.34. The van der Waals surface area contributed by atoms with Crippen LogP contribution in [0.2, 0.25) is 0 Å². The van der Waals surface area contributed by atoms with Crippen molar-refractivity contribution in [3.05, 3.63) is 0 Å². The molecule has 0 radical (unpaired) electrons. The molecule has 192 valence electrons. The normalized spacial score (nSPS) is 53.6. The van der Waals surface area contributed by atoms with E-state index in [1.807, 2.05) is 0 Å². The summed E-state index contributed by atoms with van der Waals surface area (Å²) in [5.74, 6) is -1.67. The third kappa shape index (κ3) is 5.15. The first kappa shape index (κ1) is 26.6. The van der Waals surface area contributed by atoms with E-state index in [9.17, 15) is 50.8 Å². The summed E-state index contributed by atoms with van der Waals surface area (Å²) in [5.41, 5.74) is 0. The number of aliphatic hydroxyl groups is 8. The summed E-state index contributed by atoms with van der Waals surface area (Å²) in [7, 11) is 0. The van der Waals surface area contributed by atoms with Crippen LogP contribution in [0.5, 0.6) is 0 Å². The maximum Gasteiger partial charge on any atom is 0.335 e. The zero-order valence-corrected chi connectivity index (χ0v) is 17.6. The SMILES string of the molecule is C[C@@H]1O[C@@H](O)[C@H](O[C@@H]2O[C@@H](C)[C@H](O)[C@@H](O)[C@H]2O[C@H]2O[C@H](C(=O)O)[C@H](O)[C@H](O)[C@H]2O)[C@H](O)[C@H]1O. The first-order chi connectivity index (χ1) is 15.3. The Morgan fingerprint density at radius 1 is 0.606 bits per heavy atom. The fraction of sp³-hybridized carbons (Fsp3) is 0.944. The minimum atomic E-state index is -2.00. The summed E-state index contributed by atoms with van der Waals surface area (Å²) in [5, 5.41) is 90.3. The quantitative estimate of drug-likeness (QED) is 0.176. The number of carbonyl (C=O) groups is 1. The molecule has 0 saturated carbocycles. The zero-order valence-electron chi connectivity index (χ0n) is 17.6. The number of carboxylic acid groups (broad SMARTS) is 1. The van der Waals surface area contributed by atoms with Crippen LogP contribution in [-0.4, -0.2) is 144 Å². The molecule has 0 bridgehead atoms. The molecule has 3 fully saturated rings. The average molecular weight is 486 g/mol. The number of hydrogen-bond donors (Lipinski definition) is 9. The Morgan fingerprint density at radius 2 is 1.12 bits per heavy atom. The highest BCUT2D eigenvalue weighted by Gasteiger charge is 2.53. The van der Waals surface area contributed by atoms with Gasteiger partial charge in [-0.3, -0.25) is 0 Å². The highest BCUT2D eigenvalue weighted by Crippen LogP contribution is 2.32. The van der Waals surface area contributed by atoms with Gasteiger partial charge in [0.1, 0.15) is 54.9 Å². The molecule has 3 aliphatic rings. The van der Waals surface area contributed by atoms with E-state index in [1.54, 1.807) is 0 Å². The lowest BCUT2D eigenvalue weighted by Gasteiger charge is -2.47. The van der Waals surface area contributed by atoms with Crippen LogP contribution in [0.1, 0.15) is 13.8 Å². The molecule has 0 amide bonds. The summed E-state index contributed by atoms with van der Waals surface area (Å²) in [6.45, 7) is 2.77. The first-order valence-electron chi connectivity index (χ1n) is 10.3. The first-order valence-corrected chi connectivity index (χ1v) is 10.3. The van der Waals surface area contributed by atoms with Gasteiger partial charge < -0.3 is 69.6 Å². The Hall–Kier alpha value is -1.05. The Kier molecular flexibility index (Phi) is 8.28. The predicted molar refractivity (Wildman–Crippen MR) is 99.0 cm³/mol. The van der Waals surface area contributed by atoms with Crippen molar-refractivity contribution in [1.29, 1.82) is 0 Å². The van der Waals surface area contributed by atoms with Gasteiger partial charge in [-0.1, -0.05) is 0 Å². The summed E-state index contributed by atoms with van der Waals surface area (Å²) in [4.78, 5) is 11.3. The molecule has 3 heterocycles. The molecule has 0 aromatic heterocycles. The van der Waals surface area contributed by atoms with Crippen LogP contribution in [0.15, 0.2) is 0 Å². The van der Waals surface area contributed by atoms with Crippen LogP contribution in [0.4, 0.5) is 0 Å². The number of aliphatic hydroxyl groups excluding tert-OH is 8. The van der Waals surface area contributed by atoms with Gasteiger partial charge in [-0.2, -0.15) is 0 Å². The van der Waals surface area contributed by atoms with Crippen molar-refractivity contribution < 1.29 is 74.4 Å². The number of rotatable bonds is 5. The fourth-order valence-corrected chi connectivity index (χ4v) is 3.90. The molecule has 15 heteroatoms.